The summed E-state index contributed by atoms with van der Waals surface area (Å²) in [4.78, 5) is 11.2. The predicted molar refractivity (Wildman–Crippen MR) is 123 cm³/mol. The SMILES string of the molecule is CO[C@H]1CC[C@]2(C)[C@H]3C[C@H](O)[C@]4(C)[C@@H]([C@H](C)CCC(=O)O)CC[C@H]4[C@]3(C)CC[C@]2(C)C1. The van der Waals surface area contributed by atoms with Crippen molar-refractivity contribution in [3.63, 3.8) is 0 Å². The van der Waals surface area contributed by atoms with E-state index in [1.54, 1.807) is 0 Å². The molecule has 31 heavy (non-hydrogen) atoms. The number of methoxy groups -OCH3 is 1. The first-order valence-electron chi connectivity index (χ1n) is 12.8. The minimum absolute atomic E-state index is 0.0863. The van der Waals surface area contributed by atoms with Gasteiger partial charge in [0.1, 0.15) is 0 Å². The van der Waals surface area contributed by atoms with Crippen molar-refractivity contribution in [1.82, 2.24) is 0 Å². The molecule has 10 atom stereocenters. The largest absolute Gasteiger partial charge is 0.481 e. The summed E-state index contributed by atoms with van der Waals surface area (Å²) in [6.07, 6.45) is 10.3. The smallest absolute Gasteiger partial charge is 0.303 e. The number of carbonyl (C=O) groups is 1. The van der Waals surface area contributed by atoms with Gasteiger partial charge in [-0.3, -0.25) is 4.79 Å². The molecule has 0 radical (unpaired) electrons. The van der Waals surface area contributed by atoms with E-state index in [1.807, 2.05) is 7.11 Å². The fourth-order valence-electron chi connectivity index (χ4n) is 9.85. The molecule has 0 unspecified atom stereocenters. The molecular formula is C27H46O4. The molecule has 0 aromatic heterocycles. The summed E-state index contributed by atoms with van der Waals surface area (Å²) in [5.41, 5.74) is 0.723. The summed E-state index contributed by atoms with van der Waals surface area (Å²) >= 11 is 0. The standard InChI is InChI=1S/C27H46O4/c1-17(7-10-23(29)30)19-8-9-20-25(3)14-13-24(2)16-18(31-6)11-12-26(24,4)21(25)15-22(28)27(19,20)5/h17-22,28H,7-16H2,1-6H3,(H,29,30)/t17-,18+,19-,20+,21+,22+,24-,25+,26-,27-/m1/s1. The molecule has 0 aromatic carbocycles. The van der Waals surface area contributed by atoms with Crippen molar-refractivity contribution in [2.45, 2.75) is 111 Å². The minimum atomic E-state index is -0.700. The van der Waals surface area contributed by atoms with E-state index in [4.69, 9.17) is 4.74 Å². The van der Waals surface area contributed by atoms with Crippen molar-refractivity contribution in [3.05, 3.63) is 0 Å². The highest BCUT2D eigenvalue weighted by molar-refractivity contribution is 5.66. The predicted octanol–water partition coefficient (Wildman–Crippen LogP) is 5.91. The van der Waals surface area contributed by atoms with E-state index in [0.717, 1.165) is 32.1 Å². The van der Waals surface area contributed by atoms with Crippen molar-refractivity contribution in [1.29, 1.82) is 0 Å². The Labute approximate surface area is 189 Å². The fraction of sp³-hybridized carbons (Fsp3) is 0.963. The average molecular weight is 435 g/mol. The number of hydrogen-bond acceptors (Lipinski definition) is 3. The lowest BCUT2D eigenvalue weighted by molar-refractivity contribution is -0.239. The second-order valence-electron chi connectivity index (χ2n) is 12.9. The van der Waals surface area contributed by atoms with E-state index >= 15 is 0 Å². The molecule has 0 aromatic rings. The molecule has 0 bridgehead atoms. The van der Waals surface area contributed by atoms with Gasteiger partial charge in [0, 0.05) is 13.5 Å². The molecule has 0 heterocycles. The first kappa shape index (κ1) is 23.5. The zero-order chi connectivity index (χ0) is 22.8. The van der Waals surface area contributed by atoms with Crippen LogP contribution in [-0.4, -0.2) is 35.5 Å². The van der Waals surface area contributed by atoms with E-state index in [9.17, 15) is 15.0 Å². The van der Waals surface area contributed by atoms with Gasteiger partial charge >= 0.3 is 5.97 Å². The van der Waals surface area contributed by atoms with Crippen LogP contribution >= 0.6 is 0 Å². The molecule has 4 aliphatic rings. The van der Waals surface area contributed by atoms with E-state index < -0.39 is 5.97 Å². The Hall–Kier alpha value is -0.610. The Bertz CT molecular complexity index is 707. The monoisotopic (exact) mass is 434 g/mol. The van der Waals surface area contributed by atoms with Crippen LogP contribution in [0, 0.1) is 45.3 Å². The first-order chi connectivity index (χ1) is 14.4. The quantitative estimate of drug-likeness (QED) is 0.564. The summed E-state index contributed by atoms with van der Waals surface area (Å²) in [6, 6.07) is 0. The zero-order valence-corrected chi connectivity index (χ0v) is 20.7. The van der Waals surface area contributed by atoms with Crippen LogP contribution in [0.5, 0.6) is 0 Å². The van der Waals surface area contributed by atoms with Crippen LogP contribution in [0.3, 0.4) is 0 Å². The number of aliphatic hydroxyl groups excluding tert-OH is 1. The Morgan fingerprint density at radius 1 is 1.06 bits per heavy atom. The normalized spacial score (nSPS) is 52.7. The number of rotatable bonds is 5. The lowest BCUT2D eigenvalue weighted by atomic mass is 9.35. The Morgan fingerprint density at radius 3 is 2.42 bits per heavy atom. The molecule has 4 nitrogen and oxygen atoms in total. The molecular weight excluding hydrogens is 388 g/mol. The molecule has 4 rings (SSSR count). The Morgan fingerprint density at radius 2 is 1.77 bits per heavy atom. The van der Waals surface area contributed by atoms with Crippen molar-refractivity contribution < 1.29 is 19.7 Å². The van der Waals surface area contributed by atoms with Crippen LogP contribution in [-0.2, 0) is 9.53 Å². The van der Waals surface area contributed by atoms with Gasteiger partial charge in [0.05, 0.1) is 12.2 Å². The van der Waals surface area contributed by atoms with Crippen LogP contribution in [0.4, 0.5) is 0 Å². The topological polar surface area (TPSA) is 66.8 Å². The van der Waals surface area contributed by atoms with Gasteiger partial charge in [-0.25, -0.2) is 0 Å². The molecule has 4 fully saturated rings. The third kappa shape index (κ3) is 3.25. The number of carboxylic acids is 1. The van der Waals surface area contributed by atoms with Gasteiger partial charge in [-0.2, -0.15) is 0 Å². The molecule has 4 heteroatoms. The van der Waals surface area contributed by atoms with Crippen molar-refractivity contribution >= 4 is 5.97 Å². The molecule has 0 aliphatic heterocycles. The van der Waals surface area contributed by atoms with Gasteiger partial charge in [0.15, 0.2) is 0 Å². The van der Waals surface area contributed by atoms with Gasteiger partial charge in [-0.15, -0.1) is 0 Å². The number of aliphatic hydroxyl groups is 1. The fourth-order valence-corrected chi connectivity index (χ4v) is 9.85. The van der Waals surface area contributed by atoms with E-state index in [0.29, 0.717) is 29.8 Å². The van der Waals surface area contributed by atoms with E-state index in [1.165, 1.54) is 25.7 Å². The third-order valence-corrected chi connectivity index (χ3v) is 11.9. The summed E-state index contributed by atoms with van der Waals surface area (Å²) in [6.45, 7) is 12.2. The molecule has 178 valence electrons. The summed E-state index contributed by atoms with van der Waals surface area (Å²) < 4.78 is 5.81. The van der Waals surface area contributed by atoms with Crippen molar-refractivity contribution in [3.8, 4) is 0 Å². The molecule has 0 spiro atoms. The zero-order valence-electron chi connectivity index (χ0n) is 20.7. The number of ether oxygens (including phenoxy) is 1. The summed E-state index contributed by atoms with van der Waals surface area (Å²) in [7, 11) is 1.86. The number of aliphatic carboxylic acids is 1. The van der Waals surface area contributed by atoms with Gasteiger partial charge in [0.2, 0.25) is 0 Å². The van der Waals surface area contributed by atoms with Crippen LogP contribution in [0.15, 0.2) is 0 Å². The highest BCUT2D eigenvalue weighted by Crippen LogP contribution is 2.75. The van der Waals surface area contributed by atoms with Gasteiger partial charge in [-0.1, -0.05) is 34.6 Å². The van der Waals surface area contributed by atoms with Crippen LogP contribution in [0.1, 0.15) is 98.8 Å². The average Bonchev–Trinajstić information content (AvgIpc) is 3.09. The Kier molecular flexibility index (Phi) is 5.86. The highest BCUT2D eigenvalue weighted by atomic mass is 16.5. The molecule has 4 saturated carbocycles. The third-order valence-electron chi connectivity index (χ3n) is 11.9. The van der Waals surface area contributed by atoms with Crippen LogP contribution < -0.4 is 0 Å². The molecule has 4 aliphatic carbocycles. The summed E-state index contributed by atoms with van der Waals surface area (Å²) in [5, 5.41) is 20.9. The lowest BCUT2D eigenvalue weighted by Gasteiger charge is -2.70. The van der Waals surface area contributed by atoms with Crippen LogP contribution in [0.25, 0.3) is 0 Å². The molecule has 2 N–H and O–H groups in total. The molecule has 0 saturated heterocycles. The van der Waals surface area contributed by atoms with Gasteiger partial charge < -0.3 is 14.9 Å². The first-order valence-corrected chi connectivity index (χ1v) is 12.8. The molecule has 0 amide bonds. The Balaban J connectivity index is 1.64. The van der Waals surface area contributed by atoms with Crippen molar-refractivity contribution in [2.24, 2.45) is 45.3 Å². The number of hydrogen-bond donors (Lipinski definition) is 2. The van der Waals surface area contributed by atoms with Crippen LogP contribution in [0.2, 0.25) is 0 Å². The number of carboxylic acid groups (broad SMARTS) is 1. The maximum absolute atomic E-state index is 11.7. The van der Waals surface area contributed by atoms with Gasteiger partial charge in [0.25, 0.3) is 0 Å². The van der Waals surface area contributed by atoms with Crippen molar-refractivity contribution in [2.75, 3.05) is 7.11 Å². The summed E-state index contributed by atoms with van der Waals surface area (Å²) in [5.74, 6) is 1.16. The minimum Gasteiger partial charge on any atom is -0.481 e. The lowest BCUT2D eigenvalue weighted by Crippen LogP contribution is -2.65. The number of fused-ring (bicyclic) bond motifs is 5. The second-order valence-corrected chi connectivity index (χ2v) is 12.9. The second kappa shape index (κ2) is 7.72. The van der Waals surface area contributed by atoms with Gasteiger partial charge in [-0.05, 0) is 103 Å². The maximum Gasteiger partial charge on any atom is 0.303 e. The van der Waals surface area contributed by atoms with E-state index in [-0.39, 0.29) is 34.2 Å². The highest BCUT2D eigenvalue weighted by Gasteiger charge is 2.70. The maximum atomic E-state index is 11.7. The van der Waals surface area contributed by atoms with E-state index in [2.05, 4.69) is 34.6 Å².